The minimum atomic E-state index is -0.345. The summed E-state index contributed by atoms with van der Waals surface area (Å²) in [6, 6.07) is 8.12. The van der Waals surface area contributed by atoms with Gasteiger partial charge in [-0.25, -0.2) is 4.79 Å². The third-order valence-corrected chi connectivity index (χ3v) is 6.04. The molecule has 3 rings (SSSR count). The smallest absolute Gasteiger partial charge is 0.330 e. The largest absolute Gasteiger partial charge is 0.492 e. The highest BCUT2D eigenvalue weighted by Gasteiger charge is 2.32. The lowest BCUT2D eigenvalue weighted by Gasteiger charge is -2.22. The molecule has 0 spiro atoms. The summed E-state index contributed by atoms with van der Waals surface area (Å²) in [5, 5.41) is 3.18. The highest BCUT2D eigenvalue weighted by molar-refractivity contribution is 5.94. The Morgan fingerprint density at radius 1 is 1.09 bits per heavy atom. The van der Waals surface area contributed by atoms with Gasteiger partial charge in [0.1, 0.15) is 5.75 Å². The monoisotopic (exact) mass is 449 g/mol. The molecule has 0 bridgehead atoms. The summed E-state index contributed by atoms with van der Waals surface area (Å²) in [5.74, 6) is 0.694. The van der Waals surface area contributed by atoms with Gasteiger partial charge in [-0.2, -0.15) is 0 Å². The van der Waals surface area contributed by atoms with Gasteiger partial charge in [0.05, 0.1) is 13.2 Å². The Morgan fingerprint density at radius 3 is 2.36 bits per heavy atom. The van der Waals surface area contributed by atoms with Crippen molar-refractivity contribution in [1.82, 2.24) is 0 Å². The zero-order valence-corrected chi connectivity index (χ0v) is 20.8. The molecule has 1 aliphatic heterocycles. The van der Waals surface area contributed by atoms with Gasteiger partial charge in [0.25, 0.3) is 0 Å². The Morgan fingerprint density at radius 2 is 1.76 bits per heavy atom. The van der Waals surface area contributed by atoms with E-state index in [2.05, 4.69) is 52.1 Å². The topological polar surface area (TPSA) is 64.6 Å². The Bertz CT molecular complexity index is 1070. The second kappa shape index (κ2) is 9.82. The summed E-state index contributed by atoms with van der Waals surface area (Å²) < 4.78 is 11.1. The summed E-state index contributed by atoms with van der Waals surface area (Å²) in [4.78, 5) is 24.3. The standard InChI is InChI=1S/C28H35NO4/c1-8-32-24(31)14-11-20-9-12-21(13-10-20)22-16-33-27-18(3)17(2)26(19(4)25(22)27)29-23(30)15-28(5,6)7/h9-14,22H,8,15-16H2,1-7H3,(H,29,30). The highest BCUT2D eigenvalue weighted by Crippen LogP contribution is 2.46. The average Bonchev–Trinajstić information content (AvgIpc) is 3.18. The first-order valence-electron chi connectivity index (χ1n) is 11.5. The zero-order valence-electron chi connectivity index (χ0n) is 20.8. The molecular weight excluding hydrogens is 414 g/mol. The second-order valence-corrected chi connectivity index (χ2v) is 9.89. The molecular formula is C28H35NO4. The van der Waals surface area contributed by atoms with Crippen LogP contribution in [0.25, 0.3) is 6.08 Å². The summed E-state index contributed by atoms with van der Waals surface area (Å²) in [5.41, 5.74) is 7.20. The maximum Gasteiger partial charge on any atom is 0.330 e. The van der Waals surface area contributed by atoms with Crippen LogP contribution >= 0.6 is 0 Å². The predicted octanol–water partition coefficient (Wildman–Crippen LogP) is 6.09. The van der Waals surface area contributed by atoms with E-state index in [-0.39, 0.29) is 23.2 Å². The van der Waals surface area contributed by atoms with Gasteiger partial charge < -0.3 is 14.8 Å². The van der Waals surface area contributed by atoms with Crippen LogP contribution in [0.2, 0.25) is 0 Å². The summed E-state index contributed by atoms with van der Waals surface area (Å²) in [6.45, 7) is 15.1. The van der Waals surface area contributed by atoms with E-state index in [4.69, 9.17) is 9.47 Å². The van der Waals surface area contributed by atoms with Crippen molar-refractivity contribution in [3.8, 4) is 5.75 Å². The molecule has 1 aliphatic rings. The van der Waals surface area contributed by atoms with Crippen LogP contribution < -0.4 is 10.1 Å². The molecule has 5 nitrogen and oxygen atoms in total. The van der Waals surface area contributed by atoms with Crippen molar-refractivity contribution in [3.05, 3.63) is 63.7 Å². The molecule has 1 heterocycles. The molecule has 2 aromatic carbocycles. The number of amides is 1. The first-order chi connectivity index (χ1) is 15.5. The van der Waals surface area contributed by atoms with Crippen LogP contribution in [-0.2, 0) is 14.3 Å². The summed E-state index contributed by atoms with van der Waals surface area (Å²) in [6.07, 6.45) is 3.65. The molecule has 0 aliphatic carbocycles. The number of esters is 1. The quantitative estimate of drug-likeness (QED) is 0.428. The molecule has 0 aromatic heterocycles. The van der Waals surface area contributed by atoms with Gasteiger partial charge in [0, 0.05) is 29.7 Å². The predicted molar refractivity (Wildman–Crippen MR) is 133 cm³/mol. The van der Waals surface area contributed by atoms with Gasteiger partial charge in [-0.05, 0) is 67.0 Å². The lowest BCUT2D eigenvalue weighted by molar-refractivity contribution is -0.137. The molecule has 1 atom stereocenters. The minimum Gasteiger partial charge on any atom is -0.492 e. The van der Waals surface area contributed by atoms with Gasteiger partial charge in [0.15, 0.2) is 0 Å². The van der Waals surface area contributed by atoms with Crippen LogP contribution in [0.4, 0.5) is 5.69 Å². The van der Waals surface area contributed by atoms with E-state index < -0.39 is 0 Å². The van der Waals surface area contributed by atoms with Gasteiger partial charge in [-0.3, -0.25) is 4.79 Å². The lowest BCUT2D eigenvalue weighted by Crippen LogP contribution is -2.21. The van der Waals surface area contributed by atoms with Crippen molar-refractivity contribution in [3.63, 3.8) is 0 Å². The number of carbonyl (C=O) groups is 2. The number of nitrogens with one attached hydrogen (secondary N) is 1. The Labute approximate surface area is 197 Å². The summed E-state index contributed by atoms with van der Waals surface area (Å²) >= 11 is 0. The van der Waals surface area contributed by atoms with Crippen molar-refractivity contribution < 1.29 is 19.1 Å². The van der Waals surface area contributed by atoms with E-state index in [9.17, 15) is 9.59 Å². The van der Waals surface area contributed by atoms with E-state index in [1.54, 1.807) is 13.0 Å². The van der Waals surface area contributed by atoms with Crippen LogP contribution in [-0.4, -0.2) is 25.1 Å². The molecule has 5 heteroatoms. The van der Waals surface area contributed by atoms with Gasteiger partial charge in [-0.1, -0.05) is 45.0 Å². The molecule has 1 N–H and O–H groups in total. The zero-order chi connectivity index (χ0) is 24.3. The number of hydrogen-bond acceptors (Lipinski definition) is 4. The molecule has 1 unspecified atom stereocenters. The number of fused-ring (bicyclic) bond motifs is 1. The SMILES string of the molecule is CCOC(=O)C=Cc1ccc(C2COc3c(C)c(C)c(NC(=O)CC(C)(C)C)c(C)c32)cc1. The van der Waals surface area contributed by atoms with Crippen LogP contribution in [0.5, 0.6) is 5.75 Å². The van der Waals surface area contributed by atoms with E-state index in [1.165, 1.54) is 6.08 Å². The lowest BCUT2D eigenvalue weighted by atomic mass is 9.86. The number of carbonyl (C=O) groups excluding carboxylic acids is 2. The molecule has 1 amide bonds. The fourth-order valence-electron chi connectivity index (χ4n) is 4.31. The highest BCUT2D eigenvalue weighted by atomic mass is 16.5. The summed E-state index contributed by atoms with van der Waals surface area (Å²) in [7, 11) is 0. The Hall–Kier alpha value is -3.08. The number of anilines is 1. The van der Waals surface area contributed by atoms with Crippen LogP contribution in [0.3, 0.4) is 0 Å². The van der Waals surface area contributed by atoms with Crippen molar-refractivity contribution in [2.45, 2.75) is 60.8 Å². The van der Waals surface area contributed by atoms with E-state index in [1.807, 2.05) is 19.1 Å². The third-order valence-electron chi connectivity index (χ3n) is 6.04. The molecule has 0 saturated heterocycles. The Kier molecular flexibility index (Phi) is 7.31. The number of rotatable bonds is 6. The van der Waals surface area contributed by atoms with Crippen LogP contribution in [0, 0.1) is 26.2 Å². The average molecular weight is 450 g/mol. The van der Waals surface area contributed by atoms with Crippen molar-refractivity contribution in [1.29, 1.82) is 0 Å². The number of hydrogen-bond donors (Lipinski definition) is 1. The van der Waals surface area contributed by atoms with Crippen LogP contribution in [0.15, 0.2) is 30.3 Å². The minimum absolute atomic E-state index is 0.0289. The maximum atomic E-state index is 12.7. The van der Waals surface area contributed by atoms with Crippen molar-refractivity contribution in [2.24, 2.45) is 5.41 Å². The van der Waals surface area contributed by atoms with E-state index in [0.717, 1.165) is 44.8 Å². The molecule has 0 saturated carbocycles. The normalized spacial score (nSPS) is 15.3. The fraction of sp³-hybridized carbons (Fsp3) is 0.429. The van der Waals surface area contributed by atoms with Gasteiger partial charge in [-0.15, -0.1) is 0 Å². The van der Waals surface area contributed by atoms with Crippen molar-refractivity contribution in [2.75, 3.05) is 18.5 Å². The molecule has 2 aromatic rings. The molecule has 176 valence electrons. The van der Waals surface area contributed by atoms with Gasteiger partial charge >= 0.3 is 5.97 Å². The first kappa shape index (κ1) is 24.6. The molecule has 33 heavy (non-hydrogen) atoms. The maximum absolute atomic E-state index is 12.7. The number of benzene rings is 2. The van der Waals surface area contributed by atoms with Crippen LogP contribution in [0.1, 0.15) is 73.4 Å². The molecule has 0 radical (unpaired) electrons. The van der Waals surface area contributed by atoms with Crippen molar-refractivity contribution >= 4 is 23.6 Å². The van der Waals surface area contributed by atoms with E-state index >= 15 is 0 Å². The Balaban J connectivity index is 1.90. The van der Waals surface area contributed by atoms with Gasteiger partial charge in [0.2, 0.25) is 5.91 Å². The second-order valence-electron chi connectivity index (χ2n) is 9.89. The van der Waals surface area contributed by atoms with E-state index in [0.29, 0.717) is 19.6 Å². The third kappa shape index (κ3) is 5.65. The molecule has 0 fully saturated rings. The first-order valence-corrected chi connectivity index (χ1v) is 11.5. The fourth-order valence-corrected chi connectivity index (χ4v) is 4.31. The number of ether oxygens (including phenoxy) is 2.